The van der Waals surface area contributed by atoms with E-state index in [0.717, 1.165) is 5.56 Å². The largest absolute Gasteiger partial charge is 0.420 e. The Kier molecular flexibility index (Phi) is 3.80. The van der Waals surface area contributed by atoms with Gasteiger partial charge in [0.25, 0.3) is 11.5 Å². The molecule has 23 heavy (non-hydrogen) atoms. The number of oxazole rings is 1. The number of hydrogen-bond acceptors (Lipinski definition) is 5. The molecule has 0 radical (unpaired) electrons. The molecule has 0 atom stereocenters. The van der Waals surface area contributed by atoms with E-state index < -0.39 is 11.7 Å². The minimum Gasteiger partial charge on any atom is -0.408 e. The van der Waals surface area contributed by atoms with Crippen LogP contribution in [0.3, 0.4) is 0 Å². The number of amides is 1. The Bertz CT molecular complexity index is 963. The molecule has 8 nitrogen and oxygen atoms in total. The van der Waals surface area contributed by atoms with E-state index in [1.165, 1.54) is 16.7 Å². The summed E-state index contributed by atoms with van der Waals surface area (Å²) in [5.74, 6) is -0.903. The van der Waals surface area contributed by atoms with Gasteiger partial charge in [-0.15, -0.1) is 0 Å². The number of aromatic amines is 1. The zero-order valence-electron chi connectivity index (χ0n) is 12.3. The topological polar surface area (TPSA) is 110 Å². The summed E-state index contributed by atoms with van der Waals surface area (Å²) in [5.41, 5.74) is 1.91. The number of aromatic nitrogens is 3. The van der Waals surface area contributed by atoms with E-state index in [-0.39, 0.29) is 24.3 Å². The second-order valence-corrected chi connectivity index (χ2v) is 5.05. The maximum atomic E-state index is 11.9. The molecule has 2 aromatic heterocycles. The van der Waals surface area contributed by atoms with Crippen LogP contribution in [0, 0.1) is 6.92 Å². The summed E-state index contributed by atoms with van der Waals surface area (Å²) in [6.45, 7) is 2.40. The molecule has 0 spiro atoms. The molecule has 0 bridgehead atoms. The molecule has 0 saturated heterocycles. The van der Waals surface area contributed by atoms with Gasteiger partial charge in [0.15, 0.2) is 5.58 Å². The van der Waals surface area contributed by atoms with E-state index in [0.29, 0.717) is 11.1 Å². The maximum absolute atomic E-state index is 11.9. The van der Waals surface area contributed by atoms with Gasteiger partial charge in [-0.1, -0.05) is 6.07 Å². The van der Waals surface area contributed by atoms with Crippen LogP contribution in [0.15, 0.2) is 44.3 Å². The number of nitrogens with one attached hydrogen (secondary N) is 2. The number of rotatable bonds is 4. The highest BCUT2D eigenvalue weighted by molar-refractivity contribution is 5.91. The van der Waals surface area contributed by atoms with Crippen LogP contribution in [0.1, 0.15) is 16.1 Å². The van der Waals surface area contributed by atoms with Gasteiger partial charge in [0.1, 0.15) is 5.69 Å². The fourth-order valence-corrected chi connectivity index (χ4v) is 2.23. The monoisotopic (exact) mass is 314 g/mol. The Morgan fingerprint density at radius 2 is 2.13 bits per heavy atom. The maximum Gasteiger partial charge on any atom is 0.420 e. The first-order valence-corrected chi connectivity index (χ1v) is 6.98. The molecule has 3 aromatic rings. The van der Waals surface area contributed by atoms with Crippen LogP contribution in [-0.4, -0.2) is 27.2 Å². The van der Waals surface area contributed by atoms with Crippen molar-refractivity contribution in [2.75, 3.05) is 6.54 Å². The minimum atomic E-state index is -0.470. The standard InChI is InChI=1S/C15H14N4O4/c1-9-2-4-11-12(8-9)23-15(22)19(11)7-6-16-14(21)10-3-5-13(20)18-17-10/h2-5,8H,6-7H2,1H3,(H,16,21)(H,18,20). The summed E-state index contributed by atoms with van der Waals surface area (Å²) in [4.78, 5) is 34.6. The molecule has 0 aliphatic carbocycles. The van der Waals surface area contributed by atoms with Crippen molar-refractivity contribution in [3.8, 4) is 0 Å². The quantitative estimate of drug-likeness (QED) is 0.725. The predicted octanol–water partition coefficient (Wildman–Crippen LogP) is 0.416. The average molecular weight is 314 g/mol. The molecule has 2 heterocycles. The van der Waals surface area contributed by atoms with Crippen molar-refractivity contribution in [1.82, 2.24) is 20.1 Å². The number of H-pyrrole nitrogens is 1. The van der Waals surface area contributed by atoms with Gasteiger partial charge in [-0.2, -0.15) is 5.10 Å². The fourth-order valence-electron chi connectivity index (χ4n) is 2.23. The highest BCUT2D eigenvalue weighted by atomic mass is 16.4. The summed E-state index contributed by atoms with van der Waals surface area (Å²) in [5, 5.41) is 8.46. The molecule has 0 aliphatic rings. The highest BCUT2D eigenvalue weighted by Crippen LogP contribution is 2.14. The highest BCUT2D eigenvalue weighted by Gasteiger charge is 2.10. The Labute approximate surface area is 129 Å². The molecule has 2 N–H and O–H groups in total. The van der Waals surface area contributed by atoms with E-state index in [1.54, 1.807) is 12.1 Å². The second-order valence-electron chi connectivity index (χ2n) is 5.05. The van der Waals surface area contributed by atoms with Crippen molar-refractivity contribution in [3.05, 3.63) is 62.5 Å². The summed E-state index contributed by atoms with van der Waals surface area (Å²) in [6, 6.07) is 8.03. The van der Waals surface area contributed by atoms with E-state index >= 15 is 0 Å². The number of hydrogen-bond donors (Lipinski definition) is 2. The molecule has 0 saturated carbocycles. The van der Waals surface area contributed by atoms with Gasteiger partial charge in [-0.25, -0.2) is 9.89 Å². The lowest BCUT2D eigenvalue weighted by molar-refractivity contribution is 0.0946. The fraction of sp³-hybridized carbons (Fsp3) is 0.200. The number of benzene rings is 1. The third-order valence-corrected chi connectivity index (χ3v) is 3.36. The average Bonchev–Trinajstić information content (AvgIpc) is 2.83. The summed E-state index contributed by atoms with van der Waals surface area (Å²) in [6.07, 6.45) is 0. The number of fused-ring (bicyclic) bond motifs is 1. The number of aryl methyl sites for hydroxylation is 1. The molecule has 0 fully saturated rings. The molecule has 118 valence electrons. The zero-order valence-corrected chi connectivity index (χ0v) is 12.3. The van der Waals surface area contributed by atoms with Crippen LogP contribution in [-0.2, 0) is 6.54 Å². The molecule has 0 aliphatic heterocycles. The van der Waals surface area contributed by atoms with Crippen LogP contribution in [0.4, 0.5) is 0 Å². The van der Waals surface area contributed by atoms with Crippen LogP contribution in [0.25, 0.3) is 11.1 Å². The molecular weight excluding hydrogens is 300 g/mol. The van der Waals surface area contributed by atoms with Gasteiger partial charge < -0.3 is 9.73 Å². The lowest BCUT2D eigenvalue weighted by atomic mass is 10.2. The normalized spacial score (nSPS) is 10.8. The van der Waals surface area contributed by atoms with Gasteiger partial charge in [-0.05, 0) is 30.7 Å². The van der Waals surface area contributed by atoms with Crippen LogP contribution >= 0.6 is 0 Å². The molecule has 1 amide bonds. The summed E-state index contributed by atoms with van der Waals surface area (Å²) >= 11 is 0. The Morgan fingerprint density at radius 3 is 2.87 bits per heavy atom. The molecular formula is C15H14N4O4. The third-order valence-electron chi connectivity index (χ3n) is 3.36. The van der Waals surface area contributed by atoms with Crippen molar-refractivity contribution in [2.24, 2.45) is 0 Å². The summed E-state index contributed by atoms with van der Waals surface area (Å²) in [7, 11) is 0. The van der Waals surface area contributed by atoms with Crippen molar-refractivity contribution < 1.29 is 9.21 Å². The van der Waals surface area contributed by atoms with Gasteiger partial charge in [-0.3, -0.25) is 14.2 Å². The Morgan fingerprint density at radius 1 is 1.30 bits per heavy atom. The first-order chi connectivity index (χ1) is 11.0. The van der Waals surface area contributed by atoms with Crippen LogP contribution in [0.5, 0.6) is 0 Å². The molecule has 0 unspecified atom stereocenters. The van der Waals surface area contributed by atoms with Crippen molar-refractivity contribution in [3.63, 3.8) is 0 Å². The molecule has 3 rings (SSSR count). The van der Waals surface area contributed by atoms with Crippen molar-refractivity contribution >= 4 is 17.0 Å². The van der Waals surface area contributed by atoms with Gasteiger partial charge in [0.2, 0.25) is 0 Å². The lowest BCUT2D eigenvalue weighted by Gasteiger charge is -2.05. The molecule has 1 aromatic carbocycles. The first kappa shape index (κ1) is 14.8. The SMILES string of the molecule is Cc1ccc2c(c1)oc(=O)n2CCNC(=O)c1ccc(=O)[nH]n1. The van der Waals surface area contributed by atoms with Gasteiger partial charge >= 0.3 is 5.76 Å². The smallest absolute Gasteiger partial charge is 0.408 e. The second kappa shape index (κ2) is 5.91. The number of carbonyl (C=O) groups is 1. The van der Waals surface area contributed by atoms with E-state index in [2.05, 4.69) is 15.5 Å². The van der Waals surface area contributed by atoms with Crippen LogP contribution in [0.2, 0.25) is 0 Å². The Balaban J connectivity index is 1.70. The predicted molar refractivity (Wildman–Crippen MR) is 82.4 cm³/mol. The van der Waals surface area contributed by atoms with E-state index in [1.807, 2.05) is 13.0 Å². The van der Waals surface area contributed by atoms with E-state index in [9.17, 15) is 14.4 Å². The van der Waals surface area contributed by atoms with Crippen LogP contribution < -0.4 is 16.6 Å². The lowest BCUT2D eigenvalue weighted by Crippen LogP contribution is -2.30. The molecule has 8 heteroatoms. The minimum absolute atomic E-state index is 0.102. The Hall–Kier alpha value is -3.16. The van der Waals surface area contributed by atoms with Crippen molar-refractivity contribution in [2.45, 2.75) is 13.5 Å². The van der Waals surface area contributed by atoms with Gasteiger partial charge in [0.05, 0.1) is 5.52 Å². The van der Waals surface area contributed by atoms with Crippen molar-refractivity contribution in [1.29, 1.82) is 0 Å². The zero-order chi connectivity index (χ0) is 16.4. The number of carbonyl (C=O) groups excluding carboxylic acids is 1. The third kappa shape index (κ3) is 3.05. The van der Waals surface area contributed by atoms with E-state index in [4.69, 9.17) is 4.42 Å². The first-order valence-electron chi connectivity index (χ1n) is 6.98. The van der Waals surface area contributed by atoms with Gasteiger partial charge in [0, 0.05) is 19.2 Å². The number of nitrogens with zero attached hydrogens (tertiary/aromatic N) is 2. The summed E-state index contributed by atoms with van der Waals surface area (Å²) < 4.78 is 6.63.